The van der Waals surface area contributed by atoms with Gasteiger partial charge in [-0.05, 0) is 72.9 Å². The number of hydrogen-bond donors (Lipinski definition) is 3. The molecule has 0 bridgehead atoms. The summed E-state index contributed by atoms with van der Waals surface area (Å²) in [4.78, 5) is 35.9. The lowest BCUT2D eigenvalue weighted by atomic mass is 9.71. The summed E-state index contributed by atoms with van der Waals surface area (Å²) in [6.07, 6.45) is -3.49. The lowest BCUT2D eigenvalue weighted by Crippen LogP contribution is -2.46. The molecule has 3 saturated heterocycles. The van der Waals surface area contributed by atoms with Crippen molar-refractivity contribution in [2.75, 3.05) is 35.2 Å². The fraction of sp³-hybridized carbons (Fsp3) is 0.455. The Bertz CT molecular complexity index is 1670. The van der Waals surface area contributed by atoms with Gasteiger partial charge in [0, 0.05) is 54.4 Å². The number of alkyl halides is 3. The van der Waals surface area contributed by atoms with E-state index in [4.69, 9.17) is 22.1 Å². The number of benzene rings is 2. The van der Waals surface area contributed by atoms with Crippen LogP contribution in [0.5, 0.6) is 5.88 Å². The summed E-state index contributed by atoms with van der Waals surface area (Å²) < 4.78 is 50.0. The molecule has 3 aliphatic heterocycles. The van der Waals surface area contributed by atoms with Crippen molar-refractivity contribution in [2.24, 2.45) is 5.41 Å². The second-order valence-electron chi connectivity index (χ2n) is 12.5. The van der Waals surface area contributed by atoms with Gasteiger partial charge in [0.15, 0.2) is 0 Å². The Labute approximate surface area is 275 Å². The number of nitrogens with zero attached hydrogens (tertiary/aromatic N) is 4. The van der Waals surface area contributed by atoms with E-state index in [0.29, 0.717) is 68.8 Å². The Morgan fingerprint density at radius 1 is 1.17 bits per heavy atom. The first-order valence-electron chi connectivity index (χ1n) is 15.7. The van der Waals surface area contributed by atoms with Gasteiger partial charge in [-0.25, -0.2) is 0 Å². The zero-order valence-corrected chi connectivity index (χ0v) is 26.5. The first kappa shape index (κ1) is 32.8. The van der Waals surface area contributed by atoms with E-state index in [9.17, 15) is 27.9 Å². The fourth-order valence-corrected chi connectivity index (χ4v) is 7.49. The Morgan fingerprint density at radius 2 is 1.94 bits per heavy atom. The number of nitrogens with one attached hydrogen (secondary N) is 1. The maximum atomic E-state index is 14.8. The number of amides is 1. The maximum absolute atomic E-state index is 14.8. The van der Waals surface area contributed by atoms with Gasteiger partial charge in [0.2, 0.25) is 23.8 Å². The molecule has 1 spiro atoms. The van der Waals surface area contributed by atoms with E-state index in [1.807, 2.05) is 11.8 Å². The summed E-state index contributed by atoms with van der Waals surface area (Å²) in [7, 11) is 0. The predicted octanol–water partition coefficient (Wildman–Crippen LogP) is 6.00. The molecule has 0 aliphatic carbocycles. The van der Waals surface area contributed by atoms with E-state index in [0.717, 1.165) is 6.42 Å². The molecule has 3 aromatic rings. The third-order valence-corrected chi connectivity index (χ3v) is 9.86. The number of aliphatic carboxylic acids is 1. The molecular formula is C33H36ClF3N6O4. The maximum Gasteiger partial charge on any atom is 0.429 e. The van der Waals surface area contributed by atoms with Crippen LogP contribution < -0.4 is 25.6 Å². The van der Waals surface area contributed by atoms with Crippen molar-refractivity contribution in [2.45, 2.75) is 69.8 Å². The number of carboxylic acids is 1. The number of hydrogen-bond acceptors (Lipinski definition) is 8. The van der Waals surface area contributed by atoms with Gasteiger partial charge in [0.1, 0.15) is 11.9 Å². The number of halogens is 4. The number of carboxylic acid groups (broad SMARTS) is 1. The van der Waals surface area contributed by atoms with Gasteiger partial charge in [-0.15, -0.1) is 0 Å². The van der Waals surface area contributed by atoms with Crippen LogP contribution in [0.3, 0.4) is 0 Å². The predicted molar refractivity (Wildman–Crippen MR) is 171 cm³/mol. The van der Waals surface area contributed by atoms with Crippen LogP contribution in [-0.4, -0.2) is 64.8 Å². The Kier molecular flexibility index (Phi) is 8.96. The first-order valence-corrected chi connectivity index (χ1v) is 16.1. The zero-order chi connectivity index (χ0) is 33.5. The molecular weight excluding hydrogens is 637 g/mol. The van der Waals surface area contributed by atoms with Gasteiger partial charge in [-0.1, -0.05) is 36.7 Å². The highest BCUT2D eigenvalue weighted by Crippen LogP contribution is 2.46. The van der Waals surface area contributed by atoms with Crippen LogP contribution in [0, 0.1) is 5.41 Å². The molecule has 1 amide bonds. The minimum atomic E-state index is -4.85. The van der Waals surface area contributed by atoms with Crippen LogP contribution in [0.4, 0.5) is 30.6 Å². The fourth-order valence-electron chi connectivity index (χ4n) is 7.32. The van der Waals surface area contributed by atoms with E-state index >= 15 is 0 Å². The van der Waals surface area contributed by atoms with Crippen molar-refractivity contribution in [3.8, 4) is 17.0 Å². The number of nitrogens with two attached hydrogens (primary N) is 1. The molecule has 250 valence electrons. The summed E-state index contributed by atoms with van der Waals surface area (Å²) in [6, 6.07) is 11.7. The van der Waals surface area contributed by atoms with E-state index < -0.39 is 24.3 Å². The van der Waals surface area contributed by atoms with Gasteiger partial charge in [0.05, 0.1) is 0 Å². The molecule has 3 aliphatic rings. The zero-order valence-electron chi connectivity index (χ0n) is 25.8. The number of aromatic nitrogens is 2. The van der Waals surface area contributed by atoms with Crippen molar-refractivity contribution < 1.29 is 32.6 Å². The summed E-state index contributed by atoms with van der Waals surface area (Å²) in [5.74, 6) is -1.16. The van der Waals surface area contributed by atoms with Crippen molar-refractivity contribution in [3.05, 3.63) is 59.1 Å². The smallest absolute Gasteiger partial charge is 0.429 e. The minimum Gasteiger partial charge on any atom is -0.480 e. The molecule has 2 aromatic carbocycles. The molecule has 4 heterocycles. The van der Waals surface area contributed by atoms with Gasteiger partial charge >= 0.3 is 12.1 Å². The summed E-state index contributed by atoms with van der Waals surface area (Å²) in [6.45, 7) is 3.59. The molecule has 1 aromatic heterocycles. The van der Waals surface area contributed by atoms with Crippen molar-refractivity contribution >= 4 is 40.9 Å². The quantitative estimate of drug-likeness (QED) is 0.263. The lowest BCUT2D eigenvalue weighted by Gasteiger charge is -2.43. The number of carbonyl (C=O) groups is 2. The molecule has 0 saturated carbocycles. The number of rotatable bonds is 8. The number of anilines is 3. The van der Waals surface area contributed by atoms with E-state index in [2.05, 4.69) is 15.3 Å². The number of carbonyl (C=O) groups excluding carboxylic acids is 1. The van der Waals surface area contributed by atoms with Crippen molar-refractivity contribution in [1.82, 2.24) is 15.3 Å². The number of piperidine rings is 1. The van der Waals surface area contributed by atoms with Crippen LogP contribution in [0.25, 0.3) is 11.1 Å². The van der Waals surface area contributed by atoms with Crippen LogP contribution in [0.1, 0.15) is 57.1 Å². The monoisotopic (exact) mass is 672 g/mol. The molecule has 10 nitrogen and oxygen atoms in total. The second-order valence-corrected chi connectivity index (χ2v) is 12.9. The molecule has 3 atom stereocenters. The highest BCUT2D eigenvalue weighted by atomic mass is 35.5. The molecule has 4 N–H and O–H groups in total. The van der Waals surface area contributed by atoms with Crippen molar-refractivity contribution in [3.63, 3.8) is 0 Å². The van der Waals surface area contributed by atoms with Crippen LogP contribution in [0.2, 0.25) is 5.02 Å². The van der Waals surface area contributed by atoms with Gasteiger partial charge in [-0.3, -0.25) is 9.59 Å². The van der Waals surface area contributed by atoms with Gasteiger partial charge < -0.3 is 30.7 Å². The van der Waals surface area contributed by atoms with Gasteiger partial charge in [0.25, 0.3) is 0 Å². The highest BCUT2D eigenvalue weighted by molar-refractivity contribution is 6.30. The van der Waals surface area contributed by atoms with E-state index in [1.54, 1.807) is 29.2 Å². The first-order chi connectivity index (χ1) is 22.4. The lowest BCUT2D eigenvalue weighted by molar-refractivity contribution is -0.198. The molecule has 2 unspecified atom stereocenters. The van der Waals surface area contributed by atoms with Crippen molar-refractivity contribution in [1.29, 1.82) is 0 Å². The highest BCUT2D eigenvalue weighted by Gasteiger charge is 2.50. The third-order valence-electron chi connectivity index (χ3n) is 9.62. The van der Waals surface area contributed by atoms with Crippen LogP contribution >= 0.6 is 11.6 Å². The van der Waals surface area contributed by atoms with Crippen LogP contribution in [0.15, 0.2) is 48.5 Å². The molecule has 14 heteroatoms. The molecule has 47 heavy (non-hydrogen) atoms. The molecule has 3 fully saturated rings. The molecule has 0 radical (unpaired) electrons. The van der Waals surface area contributed by atoms with Gasteiger partial charge in [-0.2, -0.15) is 23.1 Å². The van der Waals surface area contributed by atoms with E-state index in [-0.39, 0.29) is 45.3 Å². The summed E-state index contributed by atoms with van der Waals surface area (Å²) >= 11 is 6.29. The molecule has 6 rings (SSSR count). The average Bonchev–Trinajstić information content (AvgIpc) is 3.63. The topological polar surface area (TPSA) is 134 Å². The van der Waals surface area contributed by atoms with E-state index in [1.165, 1.54) is 24.3 Å². The number of ether oxygens (including phenoxy) is 1. The Hall–Kier alpha value is -4.10. The Morgan fingerprint density at radius 3 is 2.60 bits per heavy atom. The summed E-state index contributed by atoms with van der Waals surface area (Å²) in [5, 5.41) is 13.1. The average molecular weight is 673 g/mol. The standard InChI is InChI=1S/C33H36ClF3N6O4/c1-2-25-32(18-24(39-25)30(45)46)10-13-42(14-11-32)26-17-27(41-31(38)40-26)47-29(33(35,36)37)22-9-8-20(34)16-23(22)19-5-3-6-21(15-19)43-12-4-7-28(43)44/h3,5-6,8-9,15-17,24-25,29,39H,2,4,7,10-14,18H2,1H3,(H,45,46)(H2,38,40,41)/t24?,25?,29-/m1/s1. The Balaban J connectivity index is 1.28. The van der Waals surface area contributed by atoms with Crippen LogP contribution in [-0.2, 0) is 9.59 Å². The SMILES string of the molecule is CCC1NC(C(=O)O)CC12CCN(c1cc(O[C@H](c3ccc(Cl)cc3-c3cccc(N4CCCC4=O)c3)C(F)(F)F)nc(N)n1)CC2. The summed E-state index contributed by atoms with van der Waals surface area (Å²) in [5.41, 5.74) is 6.85. The second kappa shape index (κ2) is 12.8. The largest absolute Gasteiger partial charge is 0.480 e. The third kappa shape index (κ3) is 6.68. The number of nitrogen functional groups attached to an aromatic ring is 1. The minimum absolute atomic E-state index is 0.0412. The normalized spacial score (nSPS) is 21.8.